The second-order valence-electron chi connectivity index (χ2n) is 6.13. The van der Waals surface area contributed by atoms with E-state index in [9.17, 15) is 4.79 Å². The van der Waals surface area contributed by atoms with Gasteiger partial charge in [0.05, 0.1) is 15.7 Å². The molecular weight excluding hydrogens is 290 g/mol. The van der Waals surface area contributed by atoms with Gasteiger partial charge in [0.1, 0.15) is 0 Å². The fraction of sp³-hybridized carbons (Fsp3) is 0.667. The molecule has 108 valence electrons. The number of nitrogens with zero attached hydrogens (tertiary/aromatic N) is 1. The lowest BCUT2D eigenvalue weighted by Gasteiger charge is -2.47. The molecule has 0 N–H and O–H groups in total. The predicted molar refractivity (Wildman–Crippen MR) is 82.9 cm³/mol. The minimum atomic E-state index is 0.247. The lowest BCUT2D eigenvalue weighted by atomic mass is 9.93. The van der Waals surface area contributed by atoms with Gasteiger partial charge in [-0.3, -0.25) is 4.79 Å². The van der Waals surface area contributed by atoms with Crippen LogP contribution in [-0.4, -0.2) is 47.6 Å². The number of likely N-dealkylation sites (tertiary alicyclic amines) is 1. The van der Waals surface area contributed by atoms with E-state index in [2.05, 4.69) is 6.07 Å². The van der Waals surface area contributed by atoms with E-state index in [4.69, 9.17) is 4.74 Å². The van der Waals surface area contributed by atoms with E-state index >= 15 is 0 Å². The van der Waals surface area contributed by atoms with Crippen LogP contribution in [0.15, 0.2) is 6.07 Å². The van der Waals surface area contributed by atoms with Crippen molar-refractivity contribution in [1.82, 2.24) is 4.90 Å². The molecule has 1 aliphatic carbocycles. The largest absolute Gasteiger partial charge is 0.381 e. The van der Waals surface area contributed by atoms with Gasteiger partial charge in [-0.25, -0.2) is 0 Å². The summed E-state index contributed by atoms with van der Waals surface area (Å²) in [7, 11) is 1.79. The molecule has 3 heterocycles. The van der Waals surface area contributed by atoms with Crippen LogP contribution in [0.3, 0.4) is 0 Å². The monoisotopic (exact) mass is 309 g/mol. The average Bonchev–Trinajstić information content (AvgIpc) is 3.08. The first-order valence-corrected chi connectivity index (χ1v) is 9.07. The highest BCUT2D eigenvalue weighted by molar-refractivity contribution is 8.01. The zero-order valence-electron chi connectivity index (χ0n) is 11.7. The maximum Gasteiger partial charge on any atom is 0.264 e. The molecule has 0 radical (unpaired) electrons. The lowest BCUT2D eigenvalue weighted by Crippen LogP contribution is -2.60. The number of fused-ring (bicyclic) bond motifs is 1. The molecule has 20 heavy (non-hydrogen) atoms. The van der Waals surface area contributed by atoms with Crippen LogP contribution in [0.4, 0.5) is 0 Å². The summed E-state index contributed by atoms with van der Waals surface area (Å²) < 4.78 is 5.73. The summed E-state index contributed by atoms with van der Waals surface area (Å²) in [5.41, 5.74) is 1.42. The number of amides is 1. The number of thioether (sulfide) groups is 1. The standard InChI is InChI=1S/C15H19NO2S2/c1-18-11-6-15(19-7-11)8-16(9-15)14(17)13-5-10-3-2-4-12(10)20-13/h5,11H,2-4,6-9H2,1H3/t11-/m0/s1. The number of carbonyl (C=O) groups is 1. The predicted octanol–water partition coefficient (Wildman–Crippen LogP) is 2.58. The van der Waals surface area contributed by atoms with Crippen LogP contribution in [0, 0.1) is 0 Å². The number of hydrogen-bond acceptors (Lipinski definition) is 4. The average molecular weight is 309 g/mol. The van der Waals surface area contributed by atoms with Gasteiger partial charge in [-0.05, 0) is 37.3 Å². The van der Waals surface area contributed by atoms with Crippen molar-refractivity contribution in [3.63, 3.8) is 0 Å². The Morgan fingerprint density at radius 3 is 3.00 bits per heavy atom. The minimum absolute atomic E-state index is 0.247. The molecule has 0 aromatic carbocycles. The lowest BCUT2D eigenvalue weighted by molar-refractivity contribution is 0.0456. The Bertz CT molecular complexity index is 527. The fourth-order valence-electron chi connectivity index (χ4n) is 3.56. The third-order valence-corrected chi connectivity index (χ3v) is 7.51. The molecule has 1 spiro atoms. The summed E-state index contributed by atoms with van der Waals surface area (Å²) in [6.07, 6.45) is 5.07. The number of methoxy groups -OCH3 is 1. The van der Waals surface area contributed by atoms with Crippen LogP contribution < -0.4 is 0 Å². The Labute approximate surface area is 127 Å². The Hall–Kier alpha value is -0.520. The first kappa shape index (κ1) is 13.2. The zero-order chi connectivity index (χ0) is 13.7. The molecule has 4 rings (SSSR count). The Kier molecular flexibility index (Phi) is 3.13. The Morgan fingerprint density at radius 1 is 1.45 bits per heavy atom. The van der Waals surface area contributed by atoms with Crippen molar-refractivity contribution in [2.75, 3.05) is 26.0 Å². The molecule has 0 saturated carbocycles. The first-order chi connectivity index (χ1) is 9.69. The zero-order valence-corrected chi connectivity index (χ0v) is 13.3. The maximum absolute atomic E-state index is 12.5. The third-order valence-electron chi connectivity index (χ3n) is 4.71. The second kappa shape index (κ2) is 4.75. The van der Waals surface area contributed by atoms with Crippen molar-refractivity contribution in [2.45, 2.75) is 36.5 Å². The van der Waals surface area contributed by atoms with Crippen LogP contribution in [0.5, 0.6) is 0 Å². The van der Waals surface area contributed by atoms with Crippen molar-refractivity contribution >= 4 is 29.0 Å². The SMILES string of the molecule is CO[C@@H]1CSC2(C1)CN(C(=O)c1cc3c(s1)CCC3)C2. The highest BCUT2D eigenvalue weighted by Gasteiger charge is 2.51. The highest BCUT2D eigenvalue weighted by atomic mass is 32.2. The summed E-state index contributed by atoms with van der Waals surface area (Å²) in [6.45, 7) is 1.80. The molecule has 1 amide bonds. The summed E-state index contributed by atoms with van der Waals surface area (Å²) in [5, 5.41) is 0. The van der Waals surface area contributed by atoms with E-state index in [0.29, 0.717) is 6.10 Å². The van der Waals surface area contributed by atoms with Gasteiger partial charge in [-0.15, -0.1) is 23.1 Å². The van der Waals surface area contributed by atoms with Crippen LogP contribution in [-0.2, 0) is 17.6 Å². The number of ether oxygens (including phenoxy) is 1. The fourth-order valence-corrected chi connectivity index (χ4v) is 6.37. The van der Waals surface area contributed by atoms with Crippen LogP contribution >= 0.6 is 23.1 Å². The van der Waals surface area contributed by atoms with Crippen molar-refractivity contribution in [2.24, 2.45) is 0 Å². The summed E-state index contributed by atoms with van der Waals surface area (Å²) in [4.78, 5) is 16.9. The molecule has 1 atom stereocenters. The summed E-state index contributed by atoms with van der Waals surface area (Å²) in [6, 6.07) is 2.14. The molecule has 0 unspecified atom stereocenters. The molecular formula is C15H19NO2S2. The van der Waals surface area contributed by atoms with Crippen molar-refractivity contribution in [3.05, 3.63) is 21.4 Å². The van der Waals surface area contributed by atoms with E-state index in [1.165, 1.54) is 23.3 Å². The number of carbonyl (C=O) groups excluding carboxylic acids is 1. The van der Waals surface area contributed by atoms with Crippen molar-refractivity contribution < 1.29 is 9.53 Å². The number of hydrogen-bond donors (Lipinski definition) is 0. The van der Waals surface area contributed by atoms with Crippen molar-refractivity contribution in [1.29, 1.82) is 0 Å². The summed E-state index contributed by atoms with van der Waals surface area (Å²) >= 11 is 3.71. The quantitative estimate of drug-likeness (QED) is 0.841. The second-order valence-corrected chi connectivity index (χ2v) is 8.75. The smallest absolute Gasteiger partial charge is 0.264 e. The summed E-state index contributed by atoms with van der Waals surface area (Å²) in [5.74, 6) is 1.32. The molecule has 3 aliphatic rings. The van der Waals surface area contributed by atoms with Crippen LogP contribution in [0.1, 0.15) is 33.0 Å². The van der Waals surface area contributed by atoms with Gasteiger partial charge in [0, 0.05) is 30.8 Å². The van der Waals surface area contributed by atoms with Gasteiger partial charge in [-0.1, -0.05) is 0 Å². The molecule has 1 aromatic rings. The first-order valence-electron chi connectivity index (χ1n) is 7.27. The highest BCUT2D eigenvalue weighted by Crippen LogP contribution is 2.46. The Morgan fingerprint density at radius 2 is 2.30 bits per heavy atom. The van der Waals surface area contributed by atoms with E-state index in [1.54, 1.807) is 18.4 Å². The van der Waals surface area contributed by atoms with Crippen LogP contribution in [0.25, 0.3) is 0 Å². The molecule has 0 bridgehead atoms. The van der Waals surface area contributed by atoms with Gasteiger partial charge in [0.25, 0.3) is 5.91 Å². The molecule has 2 aliphatic heterocycles. The third kappa shape index (κ3) is 2.02. The van der Waals surface area contributed by atoms with Crippen LogP contribution in [0.2, 0.25) is 0 Å². The number of rotatable bonds is 2. The van der Waals surface area contributed by atoms with E-state index < -0.39 is 0 Å². The van der Waals surface area contributed by atoms with Gasteiger partial charge in [0.15, 0.2) is 0 Å². The van der Waals surface area contributed by atoms with Gasteiger partial charge >= 0.3 is 0 Å². The topological polar surface area (TPSA) is 29.5 Å². The van der Waals surface area contributed by atoms with Crippen molar-refractivity contribution in [3.8, 4) is 0 Å². The minimum Gasteiger partial charge on any atom is -0.381 e. The Balaban J connectivity index is 1.41. The maximum atomic E-state index is 12.5. The van der Waals surface area contributed by atoms with E-state index in [0.717, 1.165) is 36.6 Å². The van der Waals surface area contributed by atoms with E-state index in [1.807, 2.05) is 16.7 Å². The normalized spacial score (nSPS) is 26.9. The molecule has 1 aromatic heterocycles. The molecule has 3 nitrogen and oxygen atoms in total. The van der Waals surface area contributed by atoms with Gasteiger partial charge in [0.2, 0.25) is 0 Å². The molecule has 2 fully saturated rings. The van der Waals surface area contributed by atoms with Gasteiger partial charge in [-0.2, -0.15) is 0 Å². The number of thiophene rings is 1. The van der Waals surface area contributed by atoms with Gasteiger partial charge < -0.3 is 9.64 Å². The molecule has 5 heteroatoms. The molecule has 2 saturated heterocycles. The number of aryl methyl sites for hydroxylation is 2. The van der Waals surface area contributed by atoms with E-state index in [-0.39, 0.29) is 10.7 Å².